The molecule has 0 amide bonds. The van der Waals surface area contributed by atoms with Crippen LogP contribution >= 0.6 is 11.6 Å². The van der Waals surface area contributed by atoms with Gasteiger partial charge in [-0.25, -0.2) is 5.43 Å². The lowest BCUT2D eigenvalue weighted by atomic mass is 10.1. The number of nitrogens with zero attached hydrogens (tertiary/aromatic N) is 2. The molecule has 3 aromatic rings. The molecule has 1 heterocycles. The predicted octanol–water partition coefficient (Wildman–Crippen LogP) is 4.43. The molecule has 0 atom stereocenters. The molecule has 3 rings (SSSR count). The molecule has 0 aliphatic carbocycles. The first kappa shape index (κ1) is 18.0. The molecule has 0 saturated carbocycles. The van der Waals surface area contributed by atoms with Crippen LogP contribution in [0.4, 0.5) is 0 Å². The second-order valence-electron chi connectivity index (χ2n) is 6.57. The Balaban J connectivity index is 2.27. The highest BCUT2D eigenvalue weighted by Gasteiger charge is 2.18. The summed E-state index contributed by atoms with van der Waals surface area (Å²) >= 11 is 6.08. The Morgan fingerprint density at radius 3 is 2.58 bits per heavy atom. The number of nitrogens with two attached hydrogens (primary N) is 1. The summed E-state index contributed by atoms with van der Waals surface area (Å²) in [6, 6.07) is 16.1. The lowest BCUT2D eigenvalue weighted by Crippen LogP contribution is -2.25. The molecule has 4 N–H and O–H groups in total. The summed E-state index contributed by atoms with van der Waals surface area (Å²) in [6.07, 6.45) is 1.73. The van der Waals surface area contributed by atoms with Crippen LogP contribution in [0.1, 0.15) is 19.4 Å². The number of hydrazone groups is 1. The zero-order valence-corrected chi connectivity index (χ0v) is 15.6. The van der Waals surface area contributed by atoms with Gasteiger partial charge in [-0.15, -0.1) is 0 Å². The summed E-state index contributed by atoms with van der Waals surface area (Å²) < 4.78 is 2.32. The lowest BCUT2D eigenvalue weighted by Gasteiger charge is -2.14. The van der Waals surface area contributed by atoms with Crippen molar-refractivity contribution < 1.29 is 0 Å². The number of hydrogen-bond donors (Lipinski definition) is 3. The zero-order chi connectivity index (χ0) is 18.7. The first-order chi connectivity index (χ1) is 12.5. The second-order valence-corrected chi connectivity index (χ2v) is 7.01. The molecule has 6 heteroatoms. The minimum atomic E-state index is -0.194. The van der Waals surface area contributed by atoms with Crippen LogP contribution in [0.5, 0.6) is 0 Å². The van der Waals surface area contributed by atoms with Gasteiger partial charge in [0.2, 0.25) is 5.96 Å². The average molecular weight is 368 g/mol. The molecule has 0 bridgehead atoms. The molecular formula is C20H22ClN5. The molecule has 0 unspecified atom stereocenters. The summed E-state index contributed by atoms with van der Waals surface area (Å²) in [4.78, 5) is 0. The quantitative estimate of drug-likeness (QED) is 0.354. The van der Waals surface area contributed by atoms with Crippen LogP contribution < -0.4 is 11.2 Å². The van der Waals surface area contributed by atoms with Crippen LogP contribution in [0.3, 0.4) is 0 Å². The van der Waals surface area contributed by atoms with E-state index in [1.165, 1.54) is 0 Å². The third kappa shape index (κ3) is 3.73. The van der Waals surface area contributed by atoms with E-state index in [0.29, 0.717) is 10.9 Å². The summed E-state index contributed by atoms with van der Waals surface area (Å²) in [5, 5.41) is 13.2. The Bertz CT molecular complexity index is 954. The number of rotatable bonds is 5. The van der Waals surface area contributed by atoms with Gasteiger partial charge in [0.25, 0.3) is 0 Å². The second kappa shape index (κ2) is 7.62. The van der Waals surface area contributed by atoms with E-state index in [2.05, 4.69) is 41.1 Å². The number of hydrogen-bond acceptors (Lipinski definition) is 2. The maximum absolute atomic E-state index is 7.30. The van der Waals surface area contributed by atoms with E-state index in [9.17, 15) is 0 Å². The molecular weight excluding hydrogens is 346 g/mol. The van der Waals surface area contributed by atoms with Gasteiger partial charge in [-0.3, -0.25) is 5.41 Å². The van der Waals surface area contributed by atoms with E-state index in [0.717, 1.165) is 34.3 Å². The molecule has 0 aliphatic heterocycles. The molecule has 2 aromatic carbocycles. The van der Waals surface area contributed by atoms with E-state index >= 15 is 0 Å². The molecule has 134 valence electrons. The van der Waals surface area contributed by atoms with Crippen LogP contribution in [0, 0.1) is 11.3 Å². The SMILES string of the molecule is CC(C)Cn1c(-c2ccc(Cl)cc2)c(C=NNC(=N)N)c2ccccc21. The molecule has 0 saturated heterocycles. The monoisotopic (exact) mass is 367 g/mol. The van der Waals surface area contributed by atoms with Crippen LogP contribution in [0.2, 0.25) is 5.02 Å². The fourth-order valence-corrected chi connectivity index (χ4v) is 3.23. The smallest absolute Gasteiger partial charge is 0.206 e. The summed E-state index contributed by atoms with van der Waals surface area (Å²) in [5.74, 6) is 0.289. The highest BCUT2D eigenvalue weighted by atomic mass is 35.5. The maximum Gasteiger partial charge on any atom is 0.206 e. The van der Waals surface area contributed by atoms with Gasteiger partial charge in [-0.05, 0) is 29.7 Å². The zero-order valence-electron chi connectivity index (χ0n) is 14.8. The van der Waals surface area contributed by atoms with Crippen molar-refractivity contribution in [1.29, 1.82) is 5.41 Å². The number of benzene rings is 2. The summed E-state index contributed by atoms with van der Waals surface area (Å²) in [7, 11) is 0. The van der Waals surface area contributed by atoms with E-state index in [4.69, 9.17) is 22.7 Å². The number of fused-ring (bicyclic) bond motifs is 1. The highest BCUT2D eigenvalue weighted by Crippen LogP contribution is 2.34. The molecule has 0 aliphatic rings. The predicted molar refractivity (Wildman–Crippen MR) is 110 cm³/mol. The Morgan fingerprint density at radius 2 is 1.92 bits per heavy atom. The topological polar surface area (TPSA) is 79.2 Å². The van der Waals surface area contributed by atoms with Crippen molar-refractivity contribution >= 4 is 34.7 Å². The van der Waals surface area contributed by atoms with Crippen molar-refractivity contribution in [2.45, 2.75) is 20.4 Å². The van der Waals surface area contributed by atoms with Crippen LogP contribution in [0.15, 0.2) is 53.6 Å². The largest absolute Gasteiger partial charge is 0.369 e. The van der Waals surface area contributed by atoms with Gasteiger partial charge >= 0.3 is 0 Å². The van der Waals surface area contributed by atoms with Gasteiger partial charge in [0, 0.05) is 28.0 Å². The van der Waals surface area contributed by atoms with Crippen molar-refractivity contribution in [3.05, 3.63) is 59.1 Å². The normalized spacial score (nSPS) is 11.5. The number of nitrogens with one attached hydrogen (secondary N) is 2. The standard InChI is InChI=1S/C20H22ClN5/c1-13(2)12-26-18-6-4-3-5-16(18)17(11-24-25-20(22)23)19(26)14-7-9-15(21)10-8-14/h3-11,13H,12H2,1-2H3,(H4,22,23,25). The van der Waals surface area contributed by atoms with Crippen molar-refractivity contribution in [2.75, 3.05) is 0 Å². The third-order valence-corrected chi connectivity index (χ3v) is 4.31. The lowest BCUT2D eigenvalue weighted by molar-refractivity contribution is 0.538. The summed E-state index contributed by atoms with van der Waals surface area (Å²) in [5.41, 5.74) is 12.1. The highest BCUT2D eigenvalue weighted by molar-refractivity contribution is 6.30. The summed E-state index contributed by atoms with van der Waals surface area (Å²) in [6.45, 7) is 5.28. The number of halogens is 1. The minimum absolute atomic E-state index is 0.194. The van der Waals surface area contributed by atoms with Gasteiger partial charge in [-0.2, -0.15) is 5.10 Å². The Labute approximate surface area is 158 Å². The van der Waals surface area contributed by atoms with Crippen molar-refractivity contribution in [1.82, 2.24) is 9.99 Å². The fourth-order valence-electron chi connectivity index (χ4n) is 3.10. The van der Waals surface area contributed by atoms with Crippen LogP contribution in [-0.4, -0.2) is 16.7 Å². The van der Waals surface area contributed by atoms with E-state index in [-0.39, 0.29) is 5.96 Å². The molecule has 0 radical (unpaired) electrons. The maximum atomic E-state index is 7.30. The van der Waals surface area contributed by atoms with E-state index < -0.39 is 0 Å². The molecule has 0 spiro atoms. The Kier molecular flexibility index (Phi) is 5.28. The van der Waals surface area contributed by atoms with Crippen molar-refractivity contribution in [3.8, 4) is 11.3 Å². The number of aromatic nitrogens is 1. The molecule has 1 aromatic heterocycles. The van der Waals surface area contributed by atoms with Gasteiger partial charge in [0.1, 0.15) is 0 Å². The molecule has 0 fully saturated rings. The van der Waals surface area contributed by atoms with E-state index in [1.807, 2.05) is 36.4 Å². The van der Waals surface area contributed by atoms with Gasteiger partial charge < -0.3 is 10.3 Å². The van der Waals surface area contributed by atoms with Crippen LogP contribution in [0.25, 0.3) is 22.2 Å². The third-order valence-electron chi connectivity index (χ3n) is 4.05. The minimum Gasteiger partial charge on any atom is -0.369 e. The van der Waals surface area contributed by atoms with Gasteiger partial charge in [0.05, 0.1) is 11.9 Å². The Hall–Kier alpha value is -2.79. The fraction of sp³-hybridized carbons (Fsp3) is 0.200. The molecule has 5 nitrogen and oxygen atoms in total. The first-order valence-electron chi connectivity index (χ1n) is 8.47. The average Bonchev–Trinajstić information content (AvgIpc) is 2.89. The van der Waals surface area contributed by atoms with Crippen LogP contribution in [-0.2, 0) is 6.54 Å². The number of para-hydroxylation sites is 1. The first-order valence-corrected chi connectivity index (χ1v) is 8.85. The van der Waals surface area contributed by atoms with E-state index in [1.54, 1.807) is 6.21 Å². The van der Waals surface area contributed by atoms with Crippen molar-refractivity contribution in [3.63, 3.8) is 0 Å². The van der Waals surface area contributed by atoms with Crippen molar-refractivity contribution in [2.24, 2.45) is 16.8 Å². The van der Waals surface area contributed by atoms with Gasteiger partial charge in [0.15, 0.2) is 0 Å². The van der Waals surface area contributed by atoms with Gasteiger partial charge in [-0.1, -0.05) is 55.8 Å². The number of guanidine groups is 1. The molecule has 26 heavy (non-hydrogen) atoms. The Morgan fingerprint density at radius 1 is 1.23 bits per heavy atom.